The van der Waals surface area contributed by atoms with Crippen LogP contribution in [0.3, 0.4) is 0 Å². The quantitative estimate of drug-likeness (QED) is 0.259. The summed E-state index contributed by atoms with van der Waals surface area (Å²) in [6.45, 7) is 0.621. The van der Waals surface area contributed by atoms with Crippen molar-refractivity contribution in [3.8, 4) is 22.4 Å². The van der Waals surface area contributed by atoms with E-state index >= 15 is 0 Å². The molecule has 0 fully saturated rings. The van der Waals surface area contributed by atoms with Crippen LogP contribution in [-0.2, 0) is 11.3 Å². The van der Waals surface area contributed by atoms with Gasteiger partial charge in [-0.1, -0.05) is 18.2 Å². The van der Waals surface area contributed by atoms with Gasteiger partial charge in [0.05, 0.1) is 36.5 Å². The molecule has 210 valence electrons. The average Bonchev–Trinajstić information content (AvgIpc) is 3.62. The third-order valence-corrected chi connectivity index (χ3v) is 6.11. The zero-order valence-electron chi connectivity index (χ0n) is 21.6. The minimum absolute atomic E-state index is 0.202. The van der Waals surface area contributed by atoms with E-state index in [0.717, 1.165) is 16.8 Å². The van der Waals surface area contributed by atoms with Gasteiger partial charge < -0.3 is 16.0 Å². The average molecular weight is 564 g/mol. The van der Waals surface area contributed by atoms with Gasteiger partial charge in [0.15, 0.2) is 5.65 Å². The number of fused-ring (bicyclic) bond motifs is 1. The number of aromatic nitrogens is 6. The van der Waals surface area contributed by atoms with E-state index < -0.39 is 24.8 Å². The highest BCUT2D eigenvalue weighted by Crippen LogP contribution is 2.26. The summed E-state index contributed by atoms with van der Waals surface area (Å²) in [7, 11) is 0. The van der Waals surface area contributed by atoms with Gasteiger partial charge in [0.25, 0.3) is 0 Å². The molecule has 0 aliphatic carbocycles. The summed E-state index contributed by atoms with van der Waals surface area (Å²) < 4.78 is 40.2. The van der Waals surface area contributed by atoms with Gasteiger partial charge >= 0.3 is 12.2 Å². The number of hydrogen-bond acceptors (Lipinski definition) is 6. The molecule has 0 aliphatic heterocycles. The zero-order chi connectivity index (χ0) is 29.0. The van der Waals surface area contributed by atoms with E-state index in [1.807, 2.05) is 24.3 Å². The molecule has 4 aromatic heterocycles. The van der Waals surface area contributed by atoms with Crippen molar-refractivity contribution < 1.29 is 22.8 Å². The molecule has 3 N–H and O–H groups in total. The Balaban J connectivity index is 1.28. The van der Waals surface area contributed by atoms with Crippen LogP contribution in [0.2, 0.25) is 0 Å². The van der Waals surface area contributed by atoms with E-state index in [1.165, 1.54) is 0 Å². The second kappa shape index (κ2) is 11.5. The molecule has 0 spiro atoms. The van der Waals surface area contributed by atoms with Crippen molar-refractivity contribution in [1.82, 2.24) is 40.0 Å². The highest BCUT2D eigenvalue weighted by molar-refractivity contribution is 5.90. The van der Waals surface area contributed by atoms with E-state index in [9.17, 15) is 22.8 Å². The number of anilines is 1. The fourth-order valence-electron chi connectivity index (χ4n) is 3.99. The number of alkyl halides is 3. The first-order valence-corrected chi connectivity index (χ1v) is 12.4. The normalized spacial score (nSPS) is 12.2. The summed E-state index contributed by atoms with van der Waals surface area (Å²) in [4.78, 5) is 33.1. The lowest BCUT2D eigenvalue weighted by atomic mass is 10.1. The summed E-state index contributed by atoms with van der Waals surface area (Å²) >= 11 is 0. The van der Waals surface area contributed by atoms with Crippen LogP contribution in [-0.4, -0.2) is 54.0 Å². The summed E-state index contributed by atoms with van der Waals surface area (Å²) in [6.07, 6.45) is 3.79. The first kappa shape index (κ1) is 27.3. The molecule has 0 saturated carbocycles. The number of carbonyl (C=O) groups is 2. The van der Waals surface area contributed by atoms with E-state index in [0.29, 0.717) is 29.1 Å². The van der Waals surface area contributed by atoms with E-state index in [-0.39, 0.29) is 5.91 Å². The van der Waals surface area contributed by atoms with Gasteiger partial charge in [0.1, 0.15) is 12.6 Å². The number of carbonyl (C=O) groups excluding carboxylic acids is 2. The lowest BCUT2D eigenvalue weighted by molar-refractivity contribution is -0.124. The van der Waals surface area contributed by atoms with Crippen LogP contribution in [0.1, 0.15) is 18.7 Å². The lowest BCUT2D eigenvalue weighted by Gasteiger charge is -2.12. The van der Waals surface area contributed by atoms with Crippen molar-refractivity contribution in [2.75, 3.05) is 11.9 Å². The van der Waals surface area contributed by atoms with Crippen molar-refractivity contribution in [2.45, 2.75) is 25.7 Å². The molecule has 11 nitrogen and oxygen atoms in total. The minimum atomic E-state index is -4.51. The molecule has 0 bridgehead atoms. The Bertz CT molecular complexity index is 1680. The number of halogens is 3. The molecule has 3 amide bonds. The van der Waals surface area contributed by atoms with E-state index in [2.05, 4.69) is 30.8 Å². The van der Waals surface area contributed by atoms with Gasteiger partial charge in [0, 0.05) is 34.8 Å². The molecule has 0 radical (unpaired) electrons. The second-order valence-corrected chi connectivity index (χ2v) is 9.09. The molecule has 0 aliphatic rings. The third-order valence-electron chi connectivity index (χ3n) is 6.11. The van der Waals surface area contributed by atoms with Crippen LogP contribution in [0.15, 0.2) is 79.5 Å². The number of urea groups is 1. The summed E-state index contributed by atoms with van der Waals surface area (Å²) in [5.74, 6) is -0.202. The van der Waals surface area contributed by atoms with Crippen molar-refractivity contribution in [1.29, 1.82) is 0 Å². The molecule has 14 heteroatoms. The molecule has 4 heterocycles. The molecule has 1 atom stereocenters. The predicted octanol–water partition coefficient (Wildman–Crippen LogP) is 4.22. The maximum absolute atomic E-state index is 12.6. The summed E-state index contributed by atoms with van der Waals surface area (Å²) in [5, 5.41) is 15.9. The number of nitrogens with one attached hydrogen (secondary N) is 3. The van der Waals surface area contributed by atoms with Crippen LogP contribution in [0.5, 0.6) is 0 Å². The number of imidazole rings is 1. The number of nitrogens with zero attached hydrogens (tertiary/aromatic N) is 6. The molecule has 0 saturated heterocycles. The highest BCUT2D eigenvalue weighted by Gasteiger charge is 2.27. The Morgan fingerprint density at radius 3 is 2.54 bits per heavy atom. The summed E-state index contributed by atoms with van der Waals surface area (Å²) in [6, 6.07) is 12.4. The largest absolute Gasteiger partial charge is 0.405 e. The maximum atomic E-state index is 12.6. The highest BCUT2D eigenvalue weighted by atomic mass is 19.4. The molecule has 5 rings (SSSR count). The van der Waals surface area contributed by atoms with Crippen molar-refractivity contribution >= 4 is 23.3 Å². The van der Waals surface area contributed by atoms with Gasteiger partial charge in [0.2, 0.25) is 5.91 Å². The molecule has 1 unspecified atom stereocenters. The fourth-order valence-corrected chi connectivity index (χ4v) is 3.99. The Kier molecular flexibility index (Phi) is 7.63. The molecular formula is C27H24F3N9O2. The van der Waals surface area contributed by atoms with Crippen LogP contribution in [0.25, 0.3) is 28.0 Å². The molecular weight excluding hydrogens is 539 g/mol. The van der Waals surface area contributed by atoms with Gasteiger partial charge in [-0.05, 0) is 37.3 Å². The monoisotopic (exact) mass is 563 g/mol. The number of rotatable bonds is 8. The van der Waals surface area contributed by atoms with Crippen LogP contribution < -0.4 is 16.0 Å². The smallest absolute Gasteiger partial charge is 0.349 e. The lowest BCUT2D eigenvalue weighted by Crippen LogP contribution is -2.36. The minimum Gasteiger partial charge on any atom is -0.349 e. The van der Waals surface area contributed by atoms with Gasteiger partial charge in [-0.15, -0.1) is 0 Å². The van der Waals surface area contributed by atoms with E-state index in [1.54, 1.807) is 76.7 Å². The number of hydrogen-bond donors (Lipinski definition) is 3. The summed E-state index contributed by atoms with van der Waals surface area (Å²) in [5.41, 5.74) is 4.32. The van der Waals surface area contributed by atoms with E-state index in [4.69, 9.17) is 0 Å². The number of amides is 3. The third kappa shape index (κ3) is 6.66. The Morgan fingerprint density at radius 1 is 0.927 bits per heavy atom. The maximum Gasteiger partial charge on any atom is 0.405 e. The Labute approximate surface area is 231 Å². The standard InChI is InChI=1S/C27H24F3N9O2/c1-17(25(40)33-13-22-6-2-3-8-31-22)38-15-20(12-35-38)19-10-24-32-14-23(39(24)36-11-19)18-5-4-7-21(9-18)37-26(41)34-16-27(28,29)30/h2-12,14-15,17H,13,16H2,1H3,(H,33,40)(H2,34,37,41). The van der Waals surface area contributed by atoms with Crippen molar-refractivity contribution in [3.63, 3.8) is 0 Å². The predicted molar refractivity (Wildman–Crippen MR) is 144 cm³/mol. The van der Waals surface area contributed by atoms with Crippen LogP contribution in [0.4, 0.5) is 23.7 Å². The Hall–Kier alpha value is -5.27. The Morgan fingerprint density at radius 2 is 1.76 bits per heavy atom. The topological polar surface area (TPSA) is 131 Å². The second-order valence-electron chi connectivity index (χ2n) is 9.09. The number of benzene rings is 1. The van der Waals surface area contributed by atoms with Gasteiger partial charge in [-0.3, -0.25) is 14.5 Å². The first-order chi connectivity index (χ1) is 19.7. The van der Waals surface area contributed by atoms with Crippen molar-refractivity contribution in [2.24, 2.45) is 0 Å². The SMILES string of the molecule is CC(C(=O)NCc1ccccn1)n1cc(-c2cnn3c(-c4cccc(NC(=O)NCC(F)(F)F)c4)cnc3c2)cn1. The number of pyridine rings is 1. The van der Waals surface area contributed by atoms with Crippen LogP contribution in [0, 0.1) is 0 Å². The molecule has 41 heavy (non-hydrogen) atoms. The van der Waals surface area contributed by atoms with Crippen LogP contribution >= 0.6 is 0 Å². The van der Waals surface area contributed by atoms with Gasteiger partial charge in [-0.25, -0.2) is 14.3 Å². The fraction of sp³-hybridized carbons (Fsp3) is 0.185. The molecule has 1 aromatic carbocycles. The first-order valence-electron chi connectivity index (χ1n) is 12.4. The molecule has 5 aromatic rings. The van der Waals surface area contributed by atoms with Crippen molar-refractivity contribution in [3.05, 3.63) is 85.2 Å². The van der Waals surface area contributed by atoms with Gasteiger partial charge in [-0.2, -0.15) is 23.4 Å². The zero-order valence-corrected chi connectivity index (χ0v) is 21.6.